The number of methoxy groups -OCH3 is 1. The fourth-order valence-corrected chi connectivity index (χ4v) is 3.41. The number of hydrogen-bond donors (Lipinski definition) is 1. The Morgan fingerprint density at radius 3 is 2.88 bits per heavy atom. The van der Waals surface area contributed by atoms with Crippen LogP contribution in [0.15, 0.2) is 23.1 Å². The van der Waals surface area contributed by atoms with Crippen LogP contribution in [0, 0.1) is 18.3 Å². The molecule has 148 valence electrons. The lowest BCUT2D eigenvalue weighted by atomic mass is 9.96. The monoisotopic (exact) mass is 362 g/mol. The van der Waals surface area contributed by atoms with E-state index in [1.54, 1.807) is 19.6 Å². The molecule has 0 aromatic carbocycles. The van der Waals surface area contributed by atoms with Gasteiger partial charge < -0.3 is 19.7 Å². The lowest BCUT2D eigenvalue weighted by molar-refractivity contribution is 0.181. The summed E-state index contributed by atoms with van der Waals surface area (Å²) in [6.45, 7) is 12.2. The van der Waals surface area contributed by atoms with Crippen molar-refractivity contribution in [2.24, 2.45) is 5.92 Å². The second kappa shape index (κ2) is 13.7. The van der Waals surface area contributed by atoms with Gasteiger partial charge in [-0.05, 0) is 51.1 Å². The Morgan fingerprint density at radius 1 is 1.42 bits per heavy atom. The number of hydrogen-bond acceptors (Lipinski definition) is 4. The van der Waals surface area contributed by atoms with Gasteiger partial charge >= 0.3 is 0 Å². The number of terminal acetylenes is 1. The van der Waals surface area contributed by atoms with Gasteiger partial charge in [0.15, 0.2) is 0 Å². The van der Waals surface area contributed by atoms with Gasteiger partial charge in [0, 0.05) is 39.8 Å². The zero-order valence-electron chi connectivity index (χ0n) is 17.3. The summed E-state index contributed by atoms with van der Waals surface area (Å²) in [7, 11) is 1.78. The van der Waals surface area contributed by atoms with Gasteiger partial charge in [0.05, 0.1) is 12.3 Å². The summed E-state index contributed by atoms with van der Waals surface area (Å²) in [5.41, 5.74) is 2.89. The van der Waals surface area contributed by atoms with Crippen molar-refractivity contribution in [3.05, 3.63) is 23.1 Å². The molecule has 0 saturated carbocycles. The summed E-state index contributed by atoms with van der Waals surface area (Å²) in [5.74, 6) is 4.02. The van der Waals surface area contributed by atoms with Crippen LogP contribution in [0.2, 0.25) is 0 Å². The lowest BCUT2D eigenvalue weighted by Gasteiger charge is -2.26. The molecule has 2 aliphatic rings. The first-order valence-electron chi connectivity index (χ1n) is 10.1. The van der Waals surface area contributed by atoms with Crippen molar-refractivity contribution in [2.75, 3.05) is 46.5 Å². The maximum absolute atomic E-state index is 6.06. The number of nitrogens with zero attached hydrogens (tertiary/aromatic N) is 1. The summed E-state index contributed by atoms with van der Waals surface area (Å²) in [6, 6.07) is 0. The van der Waals surface area contributed by atoms with Crippen LogP contribution >= 0.6 is 0 Å². The molecule has 1 fully saturated rings. The highest BCUT2D eigenvalue weighted by molar-refractivity contribution is 5.28. The minimum absolute atomic E-state index is 0.604. The van der Waals surface area contributed by atoms with Crippen LogP contribution < -0.4 is 5.32 Å². The number of nitrogens with one attached hydrogen (secondary N) is 1. The number of ether oxygens (including phenoxy) is 2. The van der Waals surface area contributed by atoms with Gasteiger partial charge in [0.1, 0.15) is 5.76 Å². The van der Waals surface area contributed by atoms with E-state index in [4.69, 9.17) is 9.47 Å². The van der Waals surface area contributed by atoms with E-state index in [0.29, 0.717) is 5.92 Å². The van der Waals surface area contributed by atoms with E-state index in [1.807, 2.05) is 0 Å². The van der Waals surface area contributed by atoms with E-state index in [0.717, 1.165) is 64.4 Å². The first-order chi connectivity index (χ1) is 12.7. The van der Waals surface area contributed by atoms with E-state index < -0.39 is 0 Å². The predicted molar refractivity (Wildman–Crippen MR) is 110 cm³/mol. The molecule has 0 aliphatic carbocycles. The minimum atomic E-state index is 0.604. The highest BCUT2D eigenvalue weighted by Gasteiger charge is 2.20. The van der Waals surface area contributed by atoms with Crippen molar-refractivity contribution >= 4 is 0 Å². The van der Waals surface area contributed by atoms with E-state index in [9.17, 15) is 0 Å². The van der Waals surface area contributed by atoms with Crippen molar-refractivity contribution < 1.29 is 9.47 Å². The van der Waals surface area contributed by atoms with Crippen LogP contribution in [-0.4, -0.2) is 51.4 Å². The van der Waals surface area contributed by atoms with Gasteiger partial charge in [0.2, 0.25) is 0 Å². The molecule has 1 saturated heterocycles. The zero-order chi connectivity index (χ0) is 19.2. The fraction of sp³-hybridized carbons (Fsp3) is 0.727. The highest BCUT2D eigenvalue weighted by Crippen LogP contribution is 2.26. The Morgan fingerprint density at radius 2 is 2.19 bits per heavy atom. The van der Waals surface area contributed by atoms with Gasteiger partial charge in [-0.3, -0.25) is 0 Å². The molecule has 2 rings (SSSR count). The largest absolute Gasteiger partial charge is 0.496 e. The van der Waals surface area contributed by atoms with Crippen molar-refractivity contribution in [2.45, 2.75) is 52.9 Å². The highest BCUT2D eigenvalue weighted by atomic mass is 16.5. The maximum Gasteiger partial charge on any atom is 0.119 e. The quantitative estimate of drug-likeness (QED) is 0.573. The second-order valence-corrected chi connectivity index (χ2v) is 6.91. The third-order valence-corrected chi connectivity index (χ3v) is 4.80. The van der Waals surface area contributed by atoms with Crippen LogP contribution in [0.3, 0.4) is 0 Å². The van der Waals surface area contributed by atoms with E-state index >= 15 is 0 Å². The lowest BCUT2D eigenvalue weighted by Crippen LogP contribution is -2.26. The molecule has 2 heterocycles. The SMILES string of the molecule is C#CC.CCC1=C(/C=C2\CCCNCC2C)N(CCCOC)CCCO1. The smallest absolute Gasteiger partial charge is 0.119 e. The average Bonchev–Trinajstić information content (AvgIpc) is 2.95. The second-order valence-electron chi connectivity index (χ2n) is 6.91. The van der Waals surface area contributed by atoms with Gasteiger partial charge in [0.25, 0.3) is 0 Å². The maximum atomic E-state index is 6.06. The Hall–Kier alpha value is -1.44. The molecule has 0 bridgehead atoms. The molecule has 1 unspecified atom stereocenters. The zero-order valence-corrected chi connectivity index (χ0v) is 17.3. The van der Waals surface area contributed by atoms with Crippen molar-refractivity contribution in [3.63, 3.8) is 0 Å². The van der Waals surface area contributed by atoms with Crippen LogP contribution in [0.25, 0.3) is 0 Å². The van der Waals surface area contributed by atoms with Gasteiger partial charge in [-0.15, -0.1) is 12.3 Å². The summed E-state index contributed by atoms with van der Waals surface area (Å²) in [4.78, 5) is 2.52. The third kappa shape index (κ3) is 7.85. The molecule has 2 aliphatic heterocycles. The Labute approximate surface area is 161 Å². The topological polar surface area (TPSA) is 33.7 Å². The first-order valence-corrected chi connectivity index (χ1v) is 10.1. The number of allylic oxidation sites excluding steroid dienone is 2. The van der Waals surface area contributed by atoms with Gasteiger partial charge in [-0.1, -0.05) is 19.4 Å². The molecule has 0 aromatic heterocycles. The summed E-state index contributed by atoms with van der Waals surface area (Å²) in [6.07, 6.45) is 12.6. The third-order valence-electron chi connectivity index (χ3n) is 4.80. The molecular formula is C22H38N2O2. The predicted octanol–water partition coefficient (Wildman–Crippen LogP) is 3.95. The molecule has 0 spiro atoms. The molecule has 0 amide bonds. The Balaban J connectivity index is 0.00000105. The van der Waals surface area contributed by atoms with E-state index in [-0.39, 0.29) is 0 Å². The summed E-state index contributed by atoms with van der Waals surface area (Å²) in [5, 5.41) is 3.54. The molecule has 4 nitrogen and oxygen atoms in total. The van der Waals surface area contributed by atoms with Gasteiger partial charge in [-0.25, -0.2) is 0 Å². The molecule has 1 N–H and O–H groups in total. The molecule has 0 aromatic rings. The molecule has 0 radical (unpaired) electrons. The van der Waals surface area contributed by atoms with Crippen molar-refractivity contribution in [1.82, 2.24) is 10.2 Å². The number of rotatable bonds is 6. The van der Waals surface area contributed by atoms with Crippen LogP contribution in [0.5, 0.6) is 0 Å². The van der Waals surface area contributed by atoms with Crippen LogP contribution in [-0.2, 0) is 9.47 Å². The van der Waals surface area contributed by atoms with Crippen molar-refractivity contribution in [3.8, 4) is 12.3 Å². The average molecular weight is 363 g/mol. The van der Waals surface area contributed by atoms with E-state index in [2.05, 4.69) is 42.5 Å². The Kier molecular flexibility index (Phi) is 11.9. The standard InChI is InChI=1S/C19H34N2O2.C3H4/c1-4-19-18(14-17-8-5-9-20-15-16(17)2)21(10-6-12-22-3)11-7-13-23-19;1-3-2/h14,16,20H,4-13,15H2,1-3H3;1H,2H3/b17-14+;. The molecule has 26 heavy (non-hydrogen) atoms. The summed E-state index contributed by atoms with van der Waals surface area (Å²) < 4.78 is 11.3. The van der Waals surface area contributed by atoms with Gasteiger partial charge in [-0.2, -0.15) is 0 Å². The molecular weight excluding hydrogens is 324 g/mol. The minimum Gasteiger partial charge on any atom is -0.496 e. The molecule has 1 atom stereocenters. The first kappa shape index (κ1) is 22.6. The Bertz CT molecular complexity index is 491. The van der Waals surface area contributed by atoms with Crippen LogP contribution in [0.1, 0.15) is 52.9 Å². The van der Waals surface area contributed by atoms with Crippen molar-refractivity contribution in [1.29, 1.82) is 0 Å². The molecule has 4 heteroatoms. The van der Waals surface area contributed by atoms with E-state index in [1.165, 1.54) is 18.5 Å². The normalized spacial score (nSPS) is 22.7. The fourth-order valence-electron chi connectivity index (χ4n) is 3.41. The summed E-state index contributed by atoms with van der Waals surface area (Å²) >= 11 is 0. The van der Waals surface area contributed by atoms with Crippen LogP contribution in [0.4, 0.5) is 0 Å².